The lowest BCUT2D eigenvalue weighted by molar-refractivity contribution is 0.481. The number of thiazole rings is 1. The Morgan fingerprint density at radius 2 is 2.00 bits per heavy atom. The number of pyridine rings is 1. The van der Waals surface area contributed by atoms with Crippen molar-refractivity contribution >= 4 is 39.0 Å². The van der Waals surface area contributed by atoms with Crippen molar-refractivity contribution < 1.29 is 5.11 Å². The molecule has 3 rings (SSSR count). The number of halogens is 1. The minimum atomic E-state index is 0.160. The molecule has 22 heavy (non-hydrogen) atoms. The molecule has 2 heterocycles. The number of aryl methyl sites for hydroxylation is 1. The molecular weight excluding hydrogens is 318 g/mol. The third kappa shape index (κ3) is 2.74. The number of aromatic hydroxyl groups is 1. The van der Waals surface area contributed by atoms with Crippen LogP contribution in [0.2, 0.25) is 5.02 Å². The monoisotopic (exact) mass is 333 g/mol. The number of fused-ring (bicyclic) bond motifs is 1. The van der Waals surface area contributed by atoms with E-state index in [1.807, 2.05) is 24.4 Å². The number of rotatable bonds is 3. The zero-order chi connectivity index (χ0) is 15.9. The van der Waals surface area contributed by atoms with E-state index in [0.717, 1.165) is 16.4 Å². The van der Waals surface area contributed by atoms with Crippen molar-refractivity contribution in [1.29, 1.82) is 0 Å². The van der Waals surface area contributed by atoms with Gasteiger partial charge < -0.3 is 10.4 Å². The number of benzene rings is 1. The molecule has 0 spiro atoms. The number of nitrogens with zero attached hydrogens (tertiary/aromatic N) is 2. The molecule has 114 valence electrons. The highest BCUT2D eigenvalue weighted by Crippen LogP contribution is 2.35. The van der Waals surface area contributed by atoms with Gasteiger partial charge in [0.25, 0.3) is 0 Å². The highest BCUT2D eigenvalue weighted by molar-refractivity contribution is 7.14. The molecule has 0 radical (unpaired) electrons. The fourth-order valence-electron chi connectivity index (χ4n) is 2.18. The first kappa shape index (κ1) is 15.1. The molecule has 0 bridgehead atoms. The van der Waals surface area contributed by atoms with E-state index in [1.165, 1.54) is 11.3 Å². The van der Waals surface area contributed by atoms with E-state index in [1.54, 1.807) is 6.07 Å². The van der Waals surface area contributed by atoms with Crippen LogP contribution < -0.4 is 5.32 Å². The summed E-state index contributed by atoms with van der Waals surface area (Å²) < 4.78 is 0. The molecular formula is C16H16ClN3OS. The van der Waals surface area contributed by atoms with Crippen molar-refractivity contribution in [1.82, 2.24) is 9.97 Å². The van der Waals surface area contributed by atoms with Crippen molar-refractivity contribution in [2.75, 3.05) is 5.32 Å². The maximum atomic E-state index is 10.2. The Balaban J connectivity index is 2.11. The Hall–Kier alpha value is -1.85. The van der Waals surface area contributed by atoms with Crippen LogP contribution in [0.25, 0.3) is 22.3 Å². The molecule has 0 saturated heterocycles. The first-order valence-electron chi connectivity index (χ1n) is 6.97. The Bertz CT molecular complexity index is 845. The van der Waals surface area contributed by atoms with E-state index < -0.39 is 0 Å². The molecule has 0 aliphatic heterocycles. The zero-order valence-electron chi connectivity index (χ0n) is 12.5. The predicted octanol–water partition coefficient (Wildman–Crippen LogP) is 4.85. The number of hydrogen-bond donors (Lipinski definition) is 2. The van der Waals surface area contributed by atoms with Gasteiger partial charge in [0, 0.05) is 22.9 Å². The SMILES string of the molecule is Cc1ccc2c(O)cc(-c3csc(NC(C)C)n3)nc2c1Cl. The lowest BCUT2D eigenvalue weighted by Gasteiger charge is -2.07. The van der Waals surface area contributed by atoms with E-state index in [4.69, 9.17) is 11.6 Å². The van der Waals surface area contributed by atoms with Gasteiger partial charge in [0.15, 0.2) is 5.13 Å². The van der Waals surface area contributed by atoms with Gasteiger partial charge in [-0.3, -0.25) is 0 Å². The molecule has 0 aliphatic rings. The molecule has 0 amide bonds. The third-order valence-electron chi connectivity index (χ3n) is 3.27. The molecule has 2 aromatic heterocycles. The number of aromatic nitrogens is 2. The standard InChI is InChI=1S/C16H16ClN3OS/c1-8(2)18-16-20-12(7-22-16)11-6-13(21)10-5-4-9(3)14(17)15(10)19-11/h4-8H,1-3H3,(H,18,20)(H,19,21). The zero-order valence-corrected chi connectivity index (χ0v) is 14.1. The normalized spacial score (nSPS) is 11.3. The fraction of sp³-hybridized carbons (Fsp3) is 0.250. The van der Waals surface area contributed by atoms with E-state index in [9.17, 15) is 5.11 Å². The van der Waals surface area contributed by atoms with Crippen LogP contribution in [-0.2, 0) is 0 Å². The van der Waals surface area contributed by atoms with Crippen molar-refractivity contribution in [2.45, 2.75) is 26.8 Å². The molecule has 0 aliphatic carbocycles. The first-order valence-corrected chi connectivity index (χ1v) is 8.22. The van der Waals surface area contributed by atoms with Crippen LogP contribution in [0.3, 0.4) is 0 Å². The third-order valence-corrected chi connectivity index (χ3v) is 4.52. The van der Waals surface area contributed by atoms with Crippen molar-refractivity contribution in [3.05, 3.63) is 34.2 Å². The Morgan fingerprint density at radius 3 is 2.73 bits per heavy atom. The number of nitrogens with one attached hydrogen (secondary N) is 1. The second-order valence-electron chi connectivity index (χ2n) is 5.46. The summed E-state index contributed by atoms with van der Waals surface area (Å²) in [5.74, 6) is 0.160. The highest BCUT2D eigenvalue weighted by Gasteiger charge is 2.13. The minimum absolute atomic E-state index is 0.160. The maximum absolute atomic E-state index is 10.2. The fourth-order valence-corrected chi connectivity index (χ4v) is 3.24. The van der Waals surface area contributed by atoms with Crippen LogP contribution in [0.5, 0.6) is 5.75 Å². The van der Waals surface area contributed by atoms with Crippen molar-refractivity contribution in [2.24, 2.45) is 0 Å². The van der Waals surface area contributed by atoms with Gasteiger partial charge in [0.1, 0.15) is 11.4 Å². The summed E-state index contributed by atoms with van der Waals surface area (Å²) in [5.41, 5.74) is 2.87. The number of anilines is 1. The van der Waals surface area contributed by atoms with Gasteiger partial charge in [-0.1, -0.05) is 17.7 Å². The van der Waals surface area contributed by atoms with Gasteiger partial charge in [-0.25, -0.2) is 9.97 Å². The summed E-state index contributed by atoms with van der Waals surface area (Å²) in [6.07, 6.45) is 0. The molecule has 6 heteroatoms. The smallest absolute Gasteiger partial charge is 0.183 e. The molecule has 2 N–H and O–H groups in total. The predicted molar refractivity (Wildman–Crippen MR) is 93.0 cm³/mol. The van der Waals surface area contributed by atoms with Gasteiger partial charge in [-0.15, -0.1) is 11.3 Å². The van der Waals surface area contributed by atoms with Crippen LogP contribution in [0, 0.1) is 6.92 Å². The molecule has 0 atom stereocenters. The largest absolute Gasteiger partial charge is 0.507 e. The van der Waals surface area contributed by atoms with Crippen LogP contribution in [0.1, 0.15) is 19.4 Å². The molecule has 0 unspecified atom stereocenters. The summed E-state index contributed by atoms with van der Waals surface area (Å²) in [6.45, 7) is 6.04. The molecule has 0 saturated carbocycles. The first-order chi connectivity index (χ1) is 10.5. The second kappa shape index (κ2) is 5.74. The lowest BCUT2D eigenvalue weighted by atomic mass is 10.1. The highest BCUT2D eigenvalue weighted by atomic mass is 35.5. The van der Waals surface area contributed by atoms with E-state index in [2.05, 4.69) is 29.1 Å². The maximum Gasteiger partial charge on any atom is 0.183 e. The van der Waals surface area contributed by atoms with Gasteiger partial charge in [0.05, 0.1) is 16.2 Å². The van der Waals surface area contributed by atoms with Gasteiger partial charge in [-0.05, 0) is 32.4 Å². The van der Waals surface area contributed by atoms with Crippen LogP contribution in [0.4, 0.5) is 5.13 Å². The van der Waals surface area contributed by atoms with Crippen LogP contribution in [-0.4, -0.2) is 21.1 Å². The molecule has 4 nitrogen and oxygen atoms in total. The Labute approximate surface area is 137 Å². The quantitative estimate of drug-likeness (QED) is 0.719. The summed E-state index contributed by atoms with van der Waals surface area (Å²) in [6, 6.07) is 5.64. The average Bonchev–Trinajstić information content (AvgIpc) is 2.90. The topological polar surface area (TPSA) is 58.0 Å². The van der Waals surface area contributed by atoms with Crippen LogP contribution >= 0.6 is 22.9 Å². The second-order valence-corrected chi connectivity index (χ2v) is 6.69. The van der Waals surface area contributed by atoms with E-state index in [-0.39, 0.29) is 5.75 Å². The number of hydrogen-bond acceptors (Lipinski definition) is 5. The van der Waals surface area contributed by atoms with E-state index in [0.29, 0.717) is 27.7 Å². The van der Waals surface area contributed by atoms with Crippen molar-refractivity contribution in [3.8, 4) is 17.1 Å². The Kier molecular flexibility index (Phi) is 3.93. The molecule has 0 fully saturated rings. The summed E-state index contributed by atoms with van der Waals surface area (Å²) >= 11 is 7.84. The molecule has 1 aromatic carbocycles. The van der Waals surface area contributed by atoms with Crippen LogP contribution in [0.15, 0.2) is 23.6 Å². The van der Waals surface area contributed by atoms with Gasteiger partial charge in [-0.2, -0.15) is 0 Å². The lowest BCUT2D eigenvalue weighted by Crippen LogP contribution is -2.09. The summed E-state index contributed by atoms with van der Waals surface area (Å²) in [5, 5.41) is 17.5. The average molecular weight is 334 g/mol. The molecule has 3 aromatic rings. The van der Waals surface area contributed by atoms with Gasteiger partial charge in [0.2, 0.25) is 0 Å². The summed E-state index contributed by atoms with van der Waals surface area (Å²) in [4.78, 5) is 9.09. The Morgan fingerprint density at radius 1 is 1.23 bits per heavy atom. The van der Waals surface area contributed by atoms with E-state index >= 15 is 0 Å². The van der Waals surface area contributed by atoms with Gasteiger partial charge >= 0.3 is 0 Å². The minimum Gasteiger partial charge on any atom is -0.507 e. The summed E-state index contributed by atoms with van der Waals surface area (Å²) in [7, 11) is 0. The van der Waals surface area contributed by atoms with Crippen molar-refractivity contribution in [3.63, 3.8) is 0 Å².